The molecule has 0 saturated carbocycles. The average Bonchev–Trinajstić information content (AvgIpc) is 3.04. The molecule has 0 radical (unpaired) electrons. The van der Waals surface area contributed by atoms with E-state index in [9.17, 15) is 0 Å². The first-order valence-corrected chi connectivity index (χ1v) is 6.46. The molecule has 0 bridgehead atoms. The molecule has 0 aliphatic heterocycles. The lowest BCUT2D eigenvalue weighted by Crippen LogP contribution is -1.92. The topological polar surface area (TPSA) is 88.5 Å². The highest BCUT2D eigenvalue weighted by molar-refractivity contribution is 5.60. The van der Waals surface area contributed by atoms with Gasteiger partial charge in [0, 0.05) is 18.0 Å². The van der Waals surface area contributed by atoms with Crippen LogP contribution >= 0.6 is 0 Å². The molecule has 3 rings (SSSR count). The van der Waals surface area contributed by atoms with E-state index in [0.29, 0.717) is 28.7 Å². The van der Waals surface area contributed by atoms with Gasteiger partial charge in [-0.05, 0) is 30.2 Å². The van der Waals surface area contributed by atoms with Crippen molar-refractivity contribution < 1.29 is 4.52 Å². The highest BCUT2D eigenvalue weighted by atomic mass is 16.5. The monoisotopic (exact) mass is 277 g/mol. The Morgan fingerprint density at radius 3 is 2.95 bits per heavy atom. The van der Waals surface area contributed by atoms with Crippen LogP contribution in [0.15, 0.2) is 41.2 Å². The number of nitriles is 1. The zero-order valence-corrected chi connectivity index (χ0v) is 11.3. The van der Waals surface area contributed by atoms with Gasteiger partial charge in [-0.3, -0.25) is 4.98 Å². The first-order valence-electron chi connectivity index (χ1n) is 6.46. The number of aromatic nitrogens is 4. The van der Waals surface area contributed by atoms with Crippen molar-refractivity contribution in [1.82, 2.24) is 20.1 Å². The Bertz CT molecular complexity index is 819. The maximum Gasteiger partial charge on any atom is 0.258 e. The van der Waals surface area contributed by atoms with E-state index in [1.54, 1.807) is 18.3 Å². The van der Waals surface area contributed by atoms with Crippen LogP contribution in [0.5, 0.6) is 0 Å². The molecule has 0 saturated heterocycles. The summed E-state index contributed by atoms with van der Waals surface area (Å²) in [4.78, 5) is 12.6. The normalized spacial score (nSPS) is 10.3. The average molecular weight is 277 g/mol. The molecular weight excluding hydrogens is 266 g/mol. The minimum absolute atomic E-state index is 0.305. The van der Waals surface area contributed by atoms with E-state index < -0.39 is 0 Å². The number of pyridine rings is 2. The molecule has 0 aliphatic rings. The summed E-state index contributed by atoms with van der Waals surface area (Å²) in [6.07, 6.45) is 4.07. The van der Waals surface area contributed by atoms with E-state index in [0.717, 1.165) is 12.0 Å². The molecule has 0 unspecified atom stereocenters. The Labute approximate surface area is 121 Å². The van der Waals surface area contributed by atoms with Gasteiger partial charge in [-0.1, -0.05) is 18.1 Å². The predicted molar refractivity (Wildman–Crippen MR) is 74.9 cm³/mol. The smallest absolute Gasteiger partial charge is 0.258 e. The van der Waals surface area contributed by atoms with Crippen LogP contribution in [0.1, 0.15) is 18.2 Å². The van der Waals surface area contributed by atoms with Crippen LogP contribution in [-0.2, 0) is 6.42 Å². The molecule has 0 fully saturated rings. The summed E-state index contributed by atoms with van der Waals surface area (Å²) in [6.45, 7) is 2.05. The number of hydrogen-bond acceptors (Lipinski definition) is 6. The molecular formula is C15H11N5O. The van der Waals surface area contributed by atoms with Gasteiger partial charge in [0.1, 0.15) is 17.5 Å². The zero-order chi connectivity index (χ0) is 14.7. The molecule has 0 spiro atoms. The van der Waals surface area contributed by atoms with E-state index in [1.165, 1.54) is 6.20 Å². The number of hydrogen-bond donors (Lipinski definition) is 0. The predicted octanol–water partition coefficient (Wildman–Crippen LogP) is 2.63. The molecule has 3 aromatic heterocycles. The van der Waals surface area contributed by atoms with Crippen molar-refractivity contribution in [2.75, 3.05) is 0 Å². The molecule has 3 aromatic rings. The van der Waals surface area contributed by atoms with E-state index >= 15 is 0 Å². The summed E-state index contributed by atoms with van der Waals surface area (Å²) in [5, 5.41) is 12.8. The molecule has 0 aromatic carbocycles. The van der Waals surface area contributed by atoms with Gasteiger partial charge in [-0.2, -0.15) is 10.2 Å². The SMILES string of the molecule is CCc1cccnc1-c1noc(-c2ccnc(C#N)c2)n1. The van der Waals surface area contributed by atoms with Gasteiger partial charge in [-0.15, -0.1) is 0 Å². The molecule has 3 heterocycles. The van der Waals surface area contributed by atoms with Gasteiger partial charge in [0.25, 0.3) is 5.89 Å². The fraction of sp³-hybridized carbons (Fsp3) is 0.133. The van der Waals surface area contributed by atoms with E-state index in [4.69, 9.17) is 9.78 Å². The molecule has 6 nitrogen and oxygen atoms in total. The van der Waals surface area contributed by atoms with Gasteiger partial charge in [0.2, 0.25) is 5.82 Å². The van der Waals surface area contributed by atoms with E-state index in [1.807, 2.05) is 25.1 Å². The molecule has 6 heteroatoms. The van der Waals surface area contributed by atoms with E-state index in [2.05, 4.69) is 20.1 Å². The summed E-state index contributed by atoms with van der Waals surface area (Å²) in [5.41, 5.74) is 2.73. The van der Waals surface area contributed by atoms with Crippen LogP contribution in [-0.4, -0.2) is 20.1 Å². The van der Waals surface area contributed by atoms with Gasteiger partial charge >= 0.3 is 0 Å². The molecule has 0 atom stereocenters. The third kappa shape index (κ3) is 2.49. The van der Waals surface area contributed by atoms with Crippen LogP contribution in [0, 0.1) is 11.3 Å². The molecule has 0 amide bonds. The molecule has 21 heavy (non-hydrogen) atoms. The Morgan fingerprint density at radius 1 is 1.24 bits per heavy atom. The standard InChI is InChI=1S/C15H11N5O/c1-2-10-4-3-6-18-13(10)14-19-15(21-20-14)11-5-7-17-12(8-11)9-16/h3-8H,2H2,1H3. The first-order chi connectivity index (χ1) is 10.3. The van der Waals surface area contributed by atoms with Gasteiger partial charge in [-0.25, -0.2) is 4.98 Å². The van der Waals surface area contributed by atoms with Crippen molar-refractivity contribution in [2.45, 2.75) is 13.3 Å². The summed E-state index contributed by atoms with van der Waals surface area (Å²) in [5.74, 6) is 0.786. The maximum atomic E-state index is 8.87. The highest BCUT2D eigenvalue weighted by Crippen LogP contribution is 2.23. The molecule has 102 valence electrons. The summed E-state index contributed by atoms with van der Waals surface area (Å²) >= 11 is 0. The Morgan fingerprint density at radius 2 is 2.14 bits per heavy atom. The van der Waals surface area contributed by atoms with Crippen LogP contribution in [0.2, 0.25) is 0 Å². The lowest BCUT2D eigenvalue weighted by atomic mass is 10.1. The lowest BCUT2D eigenvalue weighted by Gasteiger charge is -2.00. The van der Waals surface area contributed by atoms with Crippen LogP contribution in [0.3, 0.4) is 0 Å². The fourth-order valence-electron chi connectivity index (χ4n) is 1.99. The quantitative estimate of drug-likeness (QED) is 0.731. The number of aryl methyl sites for hydroxylation is 1. The molecule has 0 aliphatic carbocycles. The van der Waals surface area contributed by atoms with Crippen molar-refractivity contribution in [2.24, 2.45) is 0 Å². The van der Waals surface area contributed by atoms with Crippen molar-refractivity contribution in [3.8, 4) is 29.0 Å². The first kappa shape index (κ1) is 12.9. The van der Waals surface area contributed by atoms with Crippen molar-refractivity contribution >= 4 is 0 Å². The van der Waals surface area contributed by atoms with E-state index in [-0.39, 0.29) is 0 Å². The zero-order valence-electron chi connectivity index (χ0n) is 11.3. The highest BCUT2D eigenvalue weighted by Gasteiger charge is 2.14. The Hall–Kier alpha value is -3.07. The fourth-order valence-corrected chi connectivity index (χ4v) is 1.99. The second-order valence-corrected chi connectivity index (χ2v) is 4.33. The van der Waals surface area contributed by atoms with Gasteiger partial charge in [0.15, 0.2) is 0 Å². The molecule has 0 N–H and O–H groups in total. The van der Waals surface area contributed by atoms with Crippen molar-refractivity contribution in [3.05, 3.63) is 47.9 Å². The third-order valence-corrected chi connectivity index (χ3v) is 3.03. The second kappa shape index (κ2) is 5.51. The van der Waals surface area contributed by atoms with Crippen molar-refractivity contribution in [3.63, 3.8) is 0 Å². The minimum atomic E-state index is 0.305. The lowest BCUT2D eigenvalue weighted by molar-refractivity contribution is 0.432. The number of rotatable bonds is 3. The van der Waals surface area contributed by atoms with Crippen LogP contribution < -0.4 is 0 Å². The summed E-state index contributed by atoms with van der Waals surface area (Å²) in [6, 6.07) is 9.17. The Kier molecular flexibility index (Phi) is 3.39. The minimum Gasteiger partial charge on any atom is -0.334 e. The summed E-state index contributed by atoms with van der Waals surface area (Å²) < 4.78 is 5.27. The van der Waals surface area contributed by atoms with Crippen LogP contribution in [0.4, 0.5) is 0 Å². The number of nitrogens with zero attached hydrogens (tertiary/aromatic N) is 5. The van der Waals surface area contributed by atoms with Crippen molar-refractivity contribution in [1.29, 1.82) is 5.26 Å². The van der Waals surface area contributed by atoms with Gasteiger partial charge in [0.05, 0.1) is 0 Å². The third-order valence-electron chi connectivity index (χ3n) is 3.03. The maximum absolute atomic E-state index is 8.87. The Balaban J connectivity index is 2.02. The second-order valence-electron chi connectivity index (χ2n) is 4.33. The summed E-state index contributed by atoms with van der Waals surface area (Å²) in [7, 11) is 0. The largest absolute Gasteiger partial charge is 0.334 e. The van der Waals surface area contributed by atoms with Crippen LogP contribution in [0.25, 0.3) is 23.0 Å². The van der Waals surface area contributed by atoms with Gasteiger partial charge < -0.3 is 4.52 Å².